The molecular weight excluding hydrogens is 224 g/mol. The summed E-state index contributed by atoms with van der Waals surface area (Å²) in [6.45, 7) is 3.41. The normalized spacial score (nSPS) is 10.6. The minimum absolute atomic E-state index is 0.470. The number of rotatable bonds is 5. The highest BCUT2D eigenvalue weighted by Crippen LogP contribution is 2.17. The molecule has 0 radical (unpaired) electrons. The molecule has 0 amide bonds. The van der Waals surface area contributed by atoms with E-state index in [1.54, 1.807) is 11.3 Å². The quantitative estimate of drug-likeness (QED) is 0.831. The average Bonchev–Trinajstić information content (AvgIpc) is 2.86. The summed E-state index contributed by atoms with van der Waals surface area (Å²) < 4.78 is 5.37. The molecule has 2 aromatic rings. The first-order chi connectivity index (χ1) is 7.79. The molecule has 0 saturated heterocycles. The zero-order chi connectivity index (χ0) is 11.4. The van der Waals surface area contributed by atoms with Gasteiger partial charge in [0.2, 0.25) is 5.89 Å². The molecule has 6 heteroatoms. The molecule has 2 aromatic heterocycles. The fourth-order valence-electron chi connectivity index (χ4n) is 1.29. The highest BCUT2D eigenvalue weighted by atomic mass is 32.1. The highest BCUT2D eigenvalue weighted by Gasteiger charge is 2.05. The van der Waals surface area contributed by atoms with Gasteiger partial charge in [0.1, 0.15) is 0 Å². The Labute approximate surface area is 97.9 Å². The molecule has 86 valence electrons. The molecule has 0 spiro atoms. The third-order valence-electron chi connectivity index (χ3n) is 2.16. The van der Waals surface area contributed by atoms with E-state index in [0.29, 0.717) is 18.5 Å². The molecule has 5 nitrogen and oxygen atoms in total. The van der Waals surface area contributed by atoms with Gasteiger partial charge in [0.05, 0.1) is 13.1 Å². The number of hydrogen-bond donors (Lipinski definition) is 2. The fraction of sp³-hybridized carbons (Fsp3) is 0.400. The summed E-state index contributed by atoms with van der Waals surface area (Å²) in [4.78, 5) is 1.29. The summed E-state index contributed by atoms with van der Waals surface area (Å²) in [6.07, 6.45) is 0. The Morgan fingerprint density at radius 1 is 1.38 bits per heavy atom. The Bertz CT molecular complexity index is 451. The van der Waals surface area contributed by atoms with Gasteiger partial charge < -0.3 is 15.1 Å². The van der Waals surface area contributed by atoms with Gasteiger partial charge in [-0.05, 0) is 31.0 Å². The molecule has 0 bridgehead atoms. The van der Waals surface area contributed by atoms with Crippen LogP contribution in [-0.4, -0.2) is 17.2 Å². The molecule has 16 heavy (non-hydrogen) atoms. The van der Waals surface area contributed by atoms with Crippen LogP contribution in [0.15, 0.2) is 15.9 Å². The molecule has 0 saturated carbocycles. The van der Waals surface area contributed by atoms with Crippen molar-refractivity contribution in [2.45, 2.75) is 20.0 Å². The van der Waals surface area contributed by atoms with E-state index in [-0.39, 0.29) is 0 Å². The molecule has 0 aliphatic rings. The highest BCUT2D eigenvalue weighted by molar-refractivity contribution is 7.10. The van der Waals surface area contributed by atoms with Gasteiger partial charge in [-0.2, -0.15) is 0 Å². The van der Waals surface area contributed by atoms with Crippen molar-refractivity contribution in [3.8, 4) is 0 Å². The zero-order valence-corrected chi connectivity index (χ0v) is 10.1. The number of anilines is 1. The Kier molecular flexibility index (Phi) is 3.53. The summed E-state index contributed by atoms with van der Waals surface area (Å²) in [7, 11) is 1.84. The van der Waals surface area contributed by atoms with Crippen molar-refractivity contribution in [1.29, 1.82) is 0 Å². The van der Waals surface area contributed by atoms with Gasteiger partial charge in [-0.15, -0.1) is 16.4 Å². The Hall–Kier alpha value is -1.40. The smallest absolute Gasteiger partial charge is 0.315 e. The first kappa shape index (κ1) is 11.1. The van der Waals surface area contributed by atoms with Gasteiger partial charge in [0.25, 0.3) is 0 Å². The fourth-order valence-corrected chi connectivity index (χ4v) is 2.13. The molecule has 2 N–H and O–H groups in total. The van der Waals surface area contributed by atoms with Crippen molar-refractivity contribution in [3.63, 3.8) is 0 Å². The van der Waals surface area contributed by atoms with E-state index in [4.69, 9.17) is 4.42 Å². The monoisotopic (exact) mass is 238 g/mol. The minimum atomic E-state index is 0.470. The molecule has 0 aromatic carbocycles. The van der Waals surface area contributed by atoms with Gasteiger partial charge in [0.15, 0.2) is 0 Å². The predicted octanol–water partition coefficient (Wildman–Crippen LogP) is 1.77. The Morgan fingerprint density at radius 2 is 2.25 bits per heavy atom. The summed E-state index contributed by atoms with van der Waals surface area (Å²) in [5.41, 5.74) is 1.28. The molecule has 0 atom stereocenters. The first-order valence-corrected chi connectivity index (χ1v) is 5.91. The standard InChI is InChI=1S/C10H14N4OS/c1-7-3-4-16-8(7)5-12-10-14-13-9(15-10)6-11-2/h3-4,11H,5-6H2,1-2H3,(H,12,14). The van der Waals surface area contributed by atoms with Crippen LogP contribution in [-0.2, 0) is 13.1 Å². The topological polar surface area (TPSA) is 63.0 Å². The molecular formula is C10H14N4OS. The van der Waals surface area contributed by atoms with Crippen molar-refractivity contribution < 1.29 is 4.42 Å². The summed E-state index contributed by atoms with van der Waals surface area (Å²) in [5, 5.41) is 15.9. The van der Waals surface area contributed by atoms with E-state index in [1.165, 1.54) is 10.4 Å². The number of aryl methyl sites for hydroxylation is 1. The van der Waals surface area contributed by atoms with E-state index >= 15 is 0 Å². The van der Waals surface area contributed by atoms with E-state index in [1.807, 2.05) is 7.05 Å². The Morgan fingerprint density at radius 3 is 2.94 bits per heavy atom. The predicted molar refractivity (Wildman–Crippen MR) is 63.4 cm³/mol. The first-order valence-electron chi connectivity index (χ1n) is 5.03. The van der Waals surface area contributed by atoms with Crippen LogP contribution in [0.25, 0.3) is 0 Å². The summed E-state index contributed by atoms with van der Waals surface area (Å²) in [5.74, 6) is 0.591. The maximum Gasteiger partial charge on any atom is 0.315 e. The number of nitrogens with zero attached hydrogens (tertiary/aromatic N) is 2. The van der Waals surface area contributed by atoms with E-state index in [2.05, 4.69) is 39.2 Å². The van der Waals surface area contributed by atoms with Crippen LogP contribution in [0.2, 0.25) is 0 Å². The van der Waals surface area contributed by atoms with Crippen LogP contribution in [0.1, 0.15) is 16.3 Å². The van der Waals surface area contributed by atoms with Gasteiger partial charge in [-0.1, -0.05) is 5.10 Å². The molecule has 0 aliphatic carbocycles. The summed E-state index contributed by atoms with van der Waals surface area (Å²) >= 11 is 1.72. The van der Waals surface area contributed by atoms with Crippen molar-refractivity contribution in [1.82, 2.24) is 15.5 Å². The number of hydrogen-bond acceptors (Lipinski definition) is 6. The van der Waals surface area contributed by atoms with E-state index < -0.39 is 0 Å². The average molecular weight is 238 g/mol. The van der Waals surface area contributed by atoms with Crippen molar-refractivity contribution in [2.75, 3.05) is 12.4 Å². The third-order valence-corrected chi connectivity index (χ3v) is 3.19. The lowest BCUT2D eigenvalue weighted by atomic mass is 10.3. The van der Waals surface area contributed by atoms with Crippen molar-refractivity contribution in [2.24, 2.45) is 0 Å². The number of thiophene rings is 1. The molecule has 0 aliphatic heterocycles. The molecule has 2 rings (SSSR count). The Balaban J connectivity index is 1.92. The van der Waals surface area contributed by atoms with Crippen LogP contribution >= 0.6 is 11.3 Å². The lowest BCUT2D eigenvalue weighted by Crippen LogP contribution is -2.04. The number of nitrogens with one attached hydrogen (secondary N) is 2. The van der Waals surface area contributed by atoms with Crippen LogP contribution < -0.4 is 10.6 Å². The lowest BCUT2D eigenvalue weighted by molar-refractivity contribution is 0.489. The van der Waals surface area contributed by atoms with Gasteiger partial charge >= 0.3 is 6.01 Å². The minimum Gasteiger partial charge on any atom is -0.407 e. The SMILES string of the molecule is CNCc1nnc(NCc2sccc2C)o1. The lowest BCUT2D eigenvalue weighted by Gasteiger charge is -1.99. The second-order valence-electron chi connectivity index (χ2n) is 3.41. The second kappa shape index (κ2) is 5.09. The second-order valence-corrected chi connectivity index (χ2v) is 4.41. The summed E-state index contributed by atoms with van der Waals surface area (Å²) in [6, 6.07) is 2.57. The van der Waals surface area contributed by atoms with Crippen molar-refractivity contribution >= 4 is 17.4 Å². The van der Waals surface area contributed by atoms with Crippen LogP contribution in [0.3, 0.4) is 0 Å². The van der Waals surface area contributed by atoms with Gasteiger partial charge in [0, 0.05) is 4.88 Å². The number of aromatic nitrogens is 2. The molecule has 0 unspecified atom stereocenters. The van der Waals surface area contributed by atoms with Gasteiger partial charge in [-0.25, -0.2) is 0 Å². The van der Waals surface area contributed by atoms with E-state index in [9.17, 15) is 0 Å². The largest absolute Gasteiger partial charge is 0.407 e. The molecule has 0 fully saturated rings. The third kappa shape index (κ3) is 2.59. The van der Waals surface area contributed by atoms with Crippen LogP contribution in [0.4, 0.5) is 6.01 Å². The maximum absolute atomic E-state index is 5.37. The zero-order valence-electron chi connectivity index (χ0n) is 9.28. The van der Waals surface area contributed by atoms with Crippen molar-refractivity contribution in [3.05, 3.63) is 27.8 Å². The maximum atomic E-state index is 5.37. The molecule has 2 heterocycles. The van der Waals surface area contributed by atoms with Crippen LogP contribution in [0, 0.1) is 6.92 Å². The van der Waals surface area contributed by atoms with Crippen LogP contribution in [0.5, 0.6) is 0 Å². The van der Waals surface area contributed by atoms with Gasteiger partial charge in [-0.3, -0.25) is 0 Å². The van der Waals surface area contributed by atoms with E-state index in [0.717, 1.165) is 6.54 Å².